The molecule has 18 heavy (non-hydrogen) atoms. The molecule has 0 amide bonds. The minimum absolute atomic E-state index is 0.0458. The monoisotopic (exact) mass is 251 g/mol. The highest BCUT2D eigenvalue weighted by molar-refractivity contribution is 5.72. The summed E-state index contributed by atoms with van der Waals surface area (Å²) < 4.78 is 5.21. The predicted molar refractivity (Wildman–Crippen MR) is 64.1 cm³/mol. The maximum Gasteiger partial charge on any atom is 0.334 e. The van der Waals surface area contributed by atoms with Crippen molar-refractivity contribution in [1.29, 1.82) is 0 Å². The molecule has 0 saturated carbocycles. The van der Waals surface area contributed by atoms with Crippen LogP contribution in [0, 0.1) is 6.92 Å². The Balaban J connectivity index is 2.11. The van der Waals surface area contributed by atoms with Gasteiger partial charge in [-0.3, -0.25) is 14.9 Å². The number of aromatic nitrogens is 2. The van der Waals surface area contributed by atoms with Crippen LogP contribution in [0.4, 0.5) is 0 Å². The molecule has 6 nitrogen and oxygen atoms in total. The van der Waals surface area contributed by atoms with Gasteiger partial charge in [0.1, 0.15) is 0 Å². The Morgan fingerprint density at radius 3 is 2.94 bits per heavy atom. The summed E-state index contributed by atoms with van der Waals surface area (Å²) in [5.74, 6) is -0.914. The van der Waals surface area contributed by atoms with E-state index in [-0.39, 0.29) is 6.04 Å². The summed E-state index contributed by atoms with van der Waals surface area (Å²) >= 11 is 0. The number of morpholine rings is 1. The van der Waals surface area contributed by atoms with Crippen molar-refractivity contribution in [3.8, 4) is 0 Å². The lowest BCUT2D eigenvalue weighted by Crippen LogP contribution is -2.47. The lowest BCUT2D eigenvalue weighted by atomic mass is 10.1. The Morgan fingerprint density at radius 2 is 2.28 bits per heavy atom. The first-order valence-electron chi connectivity index (χ1n) is 5.95. The molecule has 1 aliphatic rings. The summed E-state index contributed by atoms with van der Waals surface area (Å²) in [5, 5.41) is 8.98. The van der Waals surface area contributed by atoms with Gasteiger partial charge >= 0.3 is 5.97 Å². The van der Waals surface area contributed by atoms with E-state index in [9.17, 15) is 4.79 Å². The maximum absolute atomic E-state index is 10.9. The van der Waals surface area contributed by atoms with Crippen LogP contribution in [0.1, 0.15) is 24.4 Å². The minimum atomic E-state index is -0.914. The molecular formula is C12H17N3O3. The third kappa shape index (κ3) is 2.65. The van der Waals surface area contributed by atoms with Crippen molar-refractivity contribution in [1.82, 2.24) is 14.9 Å². The molecule has 1 N–H and O–H groups in total. The van der Waals surface area contributed by atoms with Gasteiger partial charge in [0.25, 0.3) is 0 Å². The first kappa shape index (κ1) is 12.9. The molecule has 2 heterocycles. The number of aryl methyl sites for hydroxylation is 1. The molecule has 2 atom stereocenters. The van der Waals surface area contributed by atoms with E-state index in [1.54, 1.807) is 12.4 Å². The van der Waals surface area contributed by atoms with Gasteiger partial charge in [-0.25, -0.2) is 4.79 Å². The van der Waals surface area contributed by atoms with E-state index in [4.69, 9.17) is 9.84 Å². The highest BCUT2D eigenvalue weighted by Gasteiger charge is 2.30. The molecule has 0 bridgehead atoms. The lowest BCUT2D eigenvalue weighted by molar-refractivity contribution is -0.157. The number of carbonyl (C=O) groups is 1. The molecule has 98 valence electrons. The van der Waals surface area contributed by atoms with E-state index >= 15 is 0 Å². The van der Waals surface area contributed by atoms with Crippen molar-refractivity contribution in [3.05, 3.63) is 23.8 Å². The van der Waals surface area contributed by atoms with Crippen LogP contribution in [-0.4, -0.2) is 51.7 Å². The van der Waals surface area contributed by atoms with Gasteiger partial charge in [-0.05, 0) is 13.8 Å². The van der Waals surface area contributed by atoms with E-state index < -0.39 is 12.1 Å². The second-order valence-corrected chi connectivity index (χ2v) is 4.40. The van der Waals surface area contributed by atoms with Crippen LogP contribution in [0.3, 0.4) is 0 Å². The summed E-state index contributed by atoms with van der Waals surface area (Å²) in [7, 11) is 0. The number of aliphatic carboxylic acids is 1. The molecule has 0 radical (unpaired) electrons. The minimum Gasteiger partial charge on any atom is -0.479 e. The number of ether oxygens (including phenoxy) is 1. The Morgan fingerprint density at radius 1 is 1.56 bits per heavy atom. The van der Waals surface area contributed by atoms with Crippen molar-refractivity contribution in [2.45, 2.75) is 26.0 Å². The molecule has 1 fully saturated rings. The zero-order valence-electron chi connectivity index (χ0n) is 10.5. The third-order valence-electron chi connectivity index (χ3n) is 3.24. The Hall–Kier alpha value is -1.53. The highest BCUT2D eigenvalue weighted by Crippen LogP contribution is 2.22. The average molecular weight is 251 g/mol. The molecule has 1 aromatic heterocycles. The summed E-state index contributed by atoms with van der Waals surface area (Å²) in [4.78, 5) is 21.6. The van der Waals surface area contributed by atoms with E-state index in [1.807, 2.05) is 13.8 Å². The van der Waals surface area contributed by atoms with Gasteiger partial charge in [0.15, 0.2) is 6.10 Å². The lowest BCUT2D eigenvalue weighted by Gasteiger charge is -2.35. The van der Waals surface area contributed by atoms with Crippen LogP contribution in [-0.2, 0) is 9.53 Å². The molecular weight excluding hydrogens is 234 g/mol. The number of carboxylic acids is 1. The predicted octanol–water partition coefficient (Wildman–Crippen LogP) is 0.631. The fourth-order valence-electron chi connectivity index (χ4n) is 2.17. The number of rotatable bonds is 3. The van der Waals surface area contributed by atoms with E-state index in [0.29, 0.717) is 19.7 Å². The average Bonchev–Trinajstić information content (AvgIpc) is 2.38. The summed E-state index contributed by atoms with van der Waals surface area (Å²) in [6.07, 6.45) is 2.57. The van der Waals surface area contributed by atoms with Crippen LogP contribution in [0.5, 0.6) is 0 Å². The molecule has 0 aliphatic carbocycles. The topological polar surface area (TPSA) is 75.5 Å². The van der Waals surface area contributed by atoms with Crippen LogP contribution in [0.15, 0.2) is 12.4 Å². The maximum atomic E-state index is 10.9. The van der Waals surface area contributed by atoms with Gasteiger partial charge in [-0.1, -0.05) is 0 Å². The van der Waals surface area contributed by atoms with Gasteiger partial charge in [0.2, 0.25) is 0 Å². The number of carboxylic acid groups (broad SMARTS) is 1. The van der Waals surface area contributed by atoms with Gasteiger partial charge < -0.3 is 9.84 Å². The van der Waals surface area contributed by atoms with Gasteiger partial charge in [0.05, 0.1) is 24.0 Å². The molecule has 1 aromatic rings. The van der Waals surface area contributed by atoms with Crippen LogP contribution in [0.2, 0.25) is 0 Å². The molecule has 2 rings (SSSR count). The second kappa shape index (κ2) is 5.41. The van der Waals surface area contributed by atoms with Crippen LogP contribution < -0.4 is 0 Å². The zero-order chi connectivity index (χ0) is 13.1. The largest absolute Gasteiger partial charge is 0.479 e. The van der Waals surface area contributed by atoms with Gasteiger partial charge in [-0.15, -0.1) is 0 Å². The van der Waals surface area contributed by atoms with Crippen LogP contribution in [0.25, 0.3) is 0 Å². The molecule has 1 saturated heterocycles. The first-order valence-corrected chi connectivity index (χ1v) is 5.95. The van der Waals surface area contributed by atoms with Crippen molar-refractivity contribution in [2.75, 3.05) is 19.7 Å². The summed E-state index contributed by atoms with van der Waals surface area (Å²) in [5.41, 5.74) is 1.77. The number of hydrogen-bond acceptors (Lipinski definition) is 5. The summed E-state index contributed by atoms with van der Waals surface area (Å²) in [6, 6.07) is 0.0458. The second-order valence-electron chi connectivity index (χ2n) is 4.40. The first-order chi connectivity index (χ1) is 8.59. The van der Waals surface area contributed by atoms with Crippen molar-refractivity contribution in [2.24, 2.45) is 0 Å². The SMILES string of the molecule is Cc1nccnc1C(C)N1CCOC(C(=O)O)C1. The van der Waals surface area contributed by atoms with E-state index in [0.717, 1.165) is 11.4 Å². The molecule has 0 spiro atoms. The van der Waals surface area contributed by atoms with E-state index in [2.05, 4.69) is 14.9 Å². The molecule has 2 unspecified atom stereocenters. The number of hydrogen-bond donors (Lipinski definition) is 1. The van der Waals surface area contributed by atoms with Crippen molar-refractivity contribution in [3.63, 3.8) is 0 Å². The fourth-order valence-corrected chi connectivity index (χ4v) is 2.17. The quantitative estimate of drug-likeness (QED) is 0.849. The molecule has 6 heteroatoms. The molecule has 0 aromatic carbocycles. The normalized spacial score (nSPS) is 22.7. The Bertz CT molecular complexity index is 438. The number of nitrogens with zero attached hydrogens (tertiary/aromatic N) is 3. The van der Waals surface area contributed by atoms with Crippen LogP contribution >= 0.6 is 0 Å². The Labute approximate surface area is 106 Å². The zero-order valence-corrected chi connectivity index (χ0v) is 10.5. The molecule has 1 aliphatic heterocycles. The standard InChI is InChI=1S/C12H17N3O3/c1-8-11(14-4-3-13-8)9(2)15-5-6-18-10(7-15)12(16)17/h3-4,9-10H,5-7H2,1-2H3,(H,16,17). The van der Waals surface area contributed by atoms with E-state index in [1.165, 1.54) is 0 Å². The van der Waals surface area contributed by atoms with Crippen molar-refractivity contribution >= 4 is 5.97 Å². The Kier molecular flexibility index (Phi) is 3.88. The summed E-state index contributed by atoms with van der Waals surface area (Å²) in [6.45, 7) is 5.45. The third-order valence-corrected chi connectivity index (χ3v) is 3.24. The smallest absolute Gasteiger partial charge is 0.334 e. The van der Waals surface area contributed by atoms with Crippen molar-refractivity contribution < 1.29 is 14.6 Å². The highest BCUT2D eigenvalue weighted by atomic mass is 16.5. The van der Waals surface area contributed by atoms with Gasteiger partial charge in [0, 0.05) is 25.5 Å². The fraction of sp³-hybridized carbons (Fsp3) is 0.583. The van der Waals surface area contributed by atoms with Gasteiger partial charge in [-0.2, -0.15) is 0 Å².